The summed E-state index contributed by atoms with van der Waals surface area (Å²) < 4.78 is 14.5. The van der Waals surface area contributed by atoms with Crippen LogP contribution in [0.3, 0.4) is 0 Å². The Morgan fingerprint density at radius 3 is 2.88 bits per heavy atom. The number of benzene rings is 1. The van der Waals surface area contributed by atoms with Gasteiger partial charge in [-0.25, -0.2) is 4.39 Å². The fraction of sp³-hybridized carbons (Fsp3) is 0.385. The first-order chi connectivity index (χ1) is 7.69. The lowest BCUT2D eigenvalue weighted by atomic mass is 10.0. The molecule has 0 saturated heterocycles. The molecule has 0 aliphatic heterocycles. The SMILES string of the molecule is C=CCC(NCCC)c1ccc(Br)cc1F. The lowest BCUT2D eigenvalue weighted by molar-refractivity contribution is 0.503. The second kappa shape index (κ2) is 6.81. The van der Waals surface area contributed by atoms with Gasteiger partial charge in [-0.2, -0.15) is 0 Å². The second-order valence-corrected chi connectivity index (χ2v) is 4.61. The highest BCUT2D eigenvalue weighted by molar-refractivity contribution is 9.10. The van der Waals surface area contributed by atoms with Gasteiger partial charge in [0, 0.05) is 16.1 Å². The Bertz CT molecular complexity index is 352. The predicted octanol–water partition coefficient (Wildman–Crippen LogP) is 4.21. The summed E-state index contributed by atoms with van der Waals surface area (Å²) in [6.07, 6.45) is 3.58. The van der Waals surface area contributed by atoms with Gasteiger partial charge in [-0.05, 0) is 31.5 Å². The van der Waals surface area contributed by atoms with E-state index in [4.69, 9.17) is 0 Å². The highest BCUT2D eigenvalue weighted by atomic mass is 79.9. The second-order valence-electron chi connectivity index (χ2n) is 3.70. The zero-order chi connectivity index (χ0) is 12.0. The molecule has 1 N–H and O–H groups in total. The number of nitrogens with one attached hydrogen (secondary N) is 1. The summed E-state index contributed by atoms with van der Waals surface area (Å²) in [5, 5.41) is 3.32. The number of halogens is 2. The van der Waals surface area contributed by atoms with Crippen LogP contribution in [0.4, 0.5) is 4.39 Å². The summed E-state index contributed by atoms with van der Waals surface area (Å²) in [5.41, 5.74) is 0.705. The van der Waals surface area contributed by atoms with E-state index in [-0.39, 0.29) is 11.9 Å². The Balaban J connectivity index is 2.86. The van der Waals surface area contributed by atoms with Crippen LogP contribution >= 0.6 is 15.9 Å². The van der Waals surface area contributed by atoms with Gasteiger partial charge in [-0.1, -0.05) is 35.0 Å². The molecule has 0 radical (unpaired) electrons. The van der Waals surface area contributed by atoms with Crippen LogP contribution in [0, 0.1) is 5.82 Å². The molecule has 0 aliphatic carbocycles. The summed E-state index contributed by atoms with van der Waals surface area (Å²) in [4.78, 5) is 0. The highest BCUT2D eigenvalue weighted by Crippen LogP contribution is 2.23. The maximum Gasteiger partial charge on any atom is 0.129 e. The Labute approximate surface area is 105 Å². The third kappa shape index (κ3) is 3.72. The normalized spacial score (nSPS) is 12.4. The molecule has 0 saturated carbocycles. The van der Waals surface area contributed by atoms with E-state index < -0.39 is 0 Å². The molecule has 0 fully saturated rings. The minimum Gasteiger partial charge on any atom is -0.310 e. The van der Waals surface area contributed by atoms with Crippen molar-refractivity contribution in [3.05, 3.63) is 46.7 Å². The molecule has 0 bridgehead atoms. The van der Waals surface area contributed by atoms with Gasteiger partial charge < -0.3 is 5.32 Å². The zero-order valence-electron chi connectivity index (χ0n) is 9.47. The van der Waals surface area contributed by atoms with Crippen molar-refractivity contribution in [3.8, 4) is 0 Å². The summed E-state index contributed by atoms with van der Waals surface area (Å²) in [5.74, 6) is -0.176. The summed E-state index contributed by atoms with van der Waals surface area (Å²) in [6, 6.07) is 5.20. The third-order valence-corrected chi connectivity index (χ3v) is 2.87. The van der Waals surface area contributed by atoms with Gasteiger partial charge in [-0.15, -0.1) is 6.58 Å². The smallest absolute Gasteiger partial charge is 0.129 e. The van der Waals surface area contributed by atoms with Gasteiger partial charge in [0.25, 0.3) is 0 Å². The van der Waals surface area contributed by atoms with E-state index in [0.29, 0.717) is 5.56 Å². The Morgan fingerprint density at radius 2 is 2.31 bits per heavy atom. The molecule has 0 spiro atoms. The molecule has 0 heterocycles. The highest BCUT2D eigenvalue weighted by Gasteiger charge is 2.13. The van der Waals surface area contributed by atoms with Crippen LogP contribution in [0.25, 0.3) is 0 Å². The third-order valence-electron chi connectivity index (χ3n) is 2.38. The van der Waals surface area contributed by atoms with Crippen molar-refractivity contribution in [1.82, 2.24) is 5.32 Å². The van der Waals surface area contributed by atoms with E-state index >= 15 is 0 Å². The van der Waals surface area contributed by atoms with Crippen LogP contribution in [-0.4, -0.2) is 6.54 Å². The molecule has 0 aliphatic rings. The van der Waals surface area contributed by atoms with E-state index in [1.54, 1.807) is 0 Å². The molecule has 0 aromatic heterocycles. The van der Waals surface area contributed by atoms with Gasteiger partial charge in [0.2, 0.25) is 0 Å². The molecular formula is C13H17BrFN. The van der Waals surface area contributed by atoms with Crippen molar-refractivity contribution in [1.29, 1.82) is 0 Å². The standard InChI is InChI=1S/C13H17BrFN/c1-3-5-13(16-8-4-2)11-7-6-10(14)9-12(11)15/h3,6-7,9,13,16H,1,4-5,8H2,2H3. The van der Waals surface area contributed by atoms with Crippen LogP contribution in [-0.2, 0) is 0 Å². The summed E-state index contributed by atoms with van der Waals surface area (Å²) >= 11 is 3.26. The van der Waals surface area contributed by atoms with Gasteiger partial charge in [0.15, 0.2) is 0 Å². The van der Waals surface area contributed by atoms with Gasteiger partial charge in [0.05, 0.1) is 0 Å². The van der Waals surface area contributed by atoms with Crippen molar-refractivity contribution in [2.75, 3.05) is 6.54 Å². The number of hydrogen-bond donors (Lipinski definition) is 1. The molecule has 1 nitrogen and oxygen atoms in total. The van der Waals surface area contributed by atoms with E-state index in [9.17, 15) is 4.39 Å². The first-order valence-electron chi connectivity index (χ1n) is 5.48. The van der Waals surface area contributed by atoms with Crippen LogP contribution in [0.5, 0.6) is 0 Å². The fourth-order valence-corrected chi connectivity index (χ4v) is 1.92. The lowest BCUT2D eigenvalue weighted by Crippen LogP contribution is -2.22. The van der Waals surface area contributed by atoms with E-state index in [0.717, 1.165) is 23.9 Å². The minimum absolute atomic E-state index is 0.0190. The summed E-state index contributed by atoms with van der Waals surface area (Å²) in [6.45, 7) is 6.69. The summed E-state index contributed by atoms with van der Waals surface area (Å²) in [7, 11) is 0. The van der Waals surface area contributed by atoms with Gasteiger partial charge in [0.1, 0.15) is 5.82 Å². The van der Waals surface area contributed by atoms with Crippen LogP contribution in [0.15, 0.2) is 35.3 Å². The van der Waals surface area contributed by atoms with Crippen molar-refractivity contribution in [3.63, 3.8) is 0 Å². The lowest BCUT2D eigenvalue weighted by Gasteiger charge is -2.18. The molecule has 3 heteroatoms. The first-order valence-corrected chi connectivity index (χ1v) is 6.27. The van der Waals surface area contributed by atoms with E-state index in [1.807, 2.05) is 18.2 Å². The van der Waals surface area contributed by atoms with Crippen molar-refractivity contribution >= 4 is 15.9 Å². The molecule has 1 aromatic rings. The molecule has 88 valence electrons. The molecule has 1 aromatic carbocycles. The molecule has 1 unspecified atom stereocenters. The minimum atomic E-state index is -0.176. The van der Waals surface area contributed by atoms with E-state index in [1.165, 1.54) is 6.07 Å². The Morgan fingerprint density at radius 1 is 1.56 bits per heavy atom. The first kappa shape index (κ1) is 13.4. The average Bonchev–Trinajstić information content (AvgIpc) is 2.25. The fourth-order valence-electron chi connectivity index (χ4n) is 1.59. The van der Waals surface area contributed by atoms with Crippen LogP contribution in [0.2, 0.25) is 0 Å². The molecule has 1 rings (SSSR count). The average molecular weight is 286 g/mol. The van der Waals surface area contributed by atoms with Crippen LogP contribution in [0.1, 0.15) is 31.4 Å². The van der Waals surface area contributed by atoms with Crippen molar-refractivity contribution in [2.24, 2.45) is 0 Å². The largest absolute Gasteiger partial charge is 0.310 e. The van der Waals surface area contributed by atoms with Crippen LogP contribution < -0.4 is 5.32 Å². The van der Waals surface area contributed by atoms with Gasteiger partial charge >= 0.3 is 0 Å². The van der Waals surface area contributed by atoms with Gasteiger partial charge in [-0.3, -0.25) is 0 Å². The van der Waals surface area contributed by atoms with Crippen molar-refractivity contribution < 1.29 is 4.39 Å². The molecule has 0 amide bonds. The maximum atomic E-state index is 13.7. The van der Waals surface area contributed by atoms with Crippen molar-refractivity contribution in [2.45, 2.75) is 25.8 Å². The molecule has 16 heavy (non-hydrogen) atoms. The Hall–Kier alpha value is -0.670. The maximum absolute atomic E-state index is 13.7. The Kier molecular flexibility index (Phi) is 5.71. The molecular weight excluding hydrogens is 269 g/mol. The number of rotatable bonds is 6. The molecule has 1 atom stereocenters. The quantitative estimate of drug-likeness (QED) is 0.773. The number of hydrogen-bond acceptors (Lipinski definition) is 1. The zero-order valence-corrected chi connectivity index (χ0v) is 11.1. The predicted molar refractivity (Wildman–Crippen MR) is 69.9 cm³/mol. The topological polar surface area (TPSA) is 12.0 Å². The van der Waals surface area contributed by atoms with E-state index in [2.05, 4.69) is 34.7 Å². The monoisotopic (exact) mass is 285 g/mol.